The number of benzene rings is 6. The zero-order valence-corrected chi connectivity index (χ0v) is 24.9. The number of allylic oxidation sites excluding steroid dienone is 14. The highest BCUT2D eigenvalue weighted by molar-refractivity contribution is 6.26. The van der Waals surface area contributed by atoms with E-state index >= 15 is 0 Å². The highest BCUT2D eigenvalue weighted by Crippen LogP contribution is 2.53. The van der Waals surface area contributed by atoms with Crippen LogP contribution in [-0.4, -0.2) is 0 Å². The third kappa shape index (κ3) is 3.66. The van der Waals surface area contributed by atoms with Gasteiger partial charge < -0.3 is 0 Å². The molecule has 0 aromatic heterocycles. The van der Waals surface area contributed by atoms with Crippen LogP contribution >= 0.6 is 0 Å². The summed E-state index contributed by atoms with van der Waals surface area (Å²) in [7, 11) is 0. The van der Waals surface area contributed by atoms with Crippen LogP contribution in [0.25, 0.3) is 49.0 Å². The van der Waals surface area contributed by atoms with Gasteiger partial charge in [0.2, 0.25) is 0 Å². The van der Waals surface area contributed by atoms with E-state index in [9.17, 15) is 0 Å². The lowest BCUT2D eigenvalue weighted by molar-refractivity contribution is 0.562. The summed E-state index contributed by atoms with van der Waals surface area (Å²) in [5.41, 5.74) is 13.8. The molecule has 0 fully saturated rings. The summed E-state index contributed by atoms with van der Waals surface area (Å²) in [5.74, 6) is 0.727. The molecular weight excluding hydrogens is 540 g/mol. The molecular formula is C45H30. The van der Waals surface area contributed by atoms with E-state index in [1.54, 1.807) is 0 Å². The number of hydrogen-bond acceptors (Lipinski definition) is 0. The zero-order chi connectivity index (χ0) is 29.5. The molecule has 45 heavy (non-hydrogen) atoms. The summed E-state index contributed by atoms with van der Waals surface area (Å²) in [4.78, 5) is 0. The highest BCUT2D eigenvalue weighted by atomic mass is 14.4. The zero-order valence-electron chi connectivity index (χ0n) is 24.9. The summed E-state index contributed by atoms with van der Waals surface area (Å²) in [6, 6.07) is 40.3. The highest BCUT2D eigenvalue weighted by Gasteiger charge is 2.40. The van der Waals surface area contributed by atoms with Gasteiger partial charge in [0.1, 0.15) is 0 Å². The predicted octanol–water partition coefficient (Wildman–Crippen LogP) is 11.4. The van der Waals surface area contributed by atoms with E-state index in [1.807, 2.05) is 0 Å². The normalized spacial score (nSPS) is 19.9. The SMILES string of the molecule is C1=CC2=C(Cc3ccc4ccc5c(-c6ccccc6)ccc6ccc3c4c65)C=CC3=CC=C4C(c5ccccc5)=CC=C1C4C32. The van der Waals surface area contributed by atoms with Crippen LogP contribution in [0.3, 0.4) is 0 Å². The summed E-state index contributed by atoms with van der Waals surface area (Å²) < 4.78 is 0. The van der Waals surface area contributed by atoms with Crippen molar-refractivity contribution < 1.29 is 0 Å². The Morgan fingerprint density at radius 1 is 0.467 bits per heavy atom. The van der Waals surface area contributed by atoms with E-state index in [-0.39, 0.29) is 0 Å². The van der Waals surface area contributed by atoms with Crippen molar-refractivity contribution in [2.24, 2.45) is 11.8 Å². The molecule has 2 unspecified atom stereocenters. The Labute approximate surface area is 263 Å². The monoisotopic (exact) mass is 570 g/mol. The largest absolute Gasteiger partial charge is 0.0622 e. The first kappa shape index (κ1) is 24.9. The lowest BCUT2D eigenvalue weighted by atomic mass is 9.61. The summed E-state index contributed by atoms with van der Waals surface area (Å²) in [5, 5.41) is 8.10. The first-order chi connectivity index (χ1) is 22.3. The molecule has 0 nitrogen and oxygen atoms in total. The number of hydrogen-bond donors (Lipinski definition) is 0. The van der Waals surface area contributed by atoms with E-state index in [4.69, 9.17) is 0 Å². The molecule has 0 heterocycles. The van der Waals surface area contributed by atoms with Crippen molar-refractivity contribution in [3.05, 3.63) is 197 Å². The van der Waals surface area contributed by atoms with Crippen LogP contribution in [0.1, 0.15) is 11.1 Å². The topological polar surface area (TPSA) is 0 Å². The molecule has 2 atom stereocenters. The van der Waals surface area contributed by atoms with Gasteiger partial charge in [-0.1, -0.05) is 158 Å². The predicted molar refractivity (Wildman–Crippen MR) is 190 cm³/mol. The van der Waals surface area contributed by atoms with Crippen LogP contribution < -0.4 is 0 Å². The van der Waals surface area contributed by atoms with Gasteiger partial charge in [-0.15, -0.1) is 0 Å². The Hall–Kier alpha value is -5.46. The molecule has 0 aliphatic heterocycles. The van der Waals surface area contributed by atoms with Gasteiger partial charge in [-0.3, -0.25) is 0 Å². The Bertz CT molecular complexity index is 2420. The van der Waals surface area contributed by atoms with Crippen molar-refractivity contribution >= 4 is 37.9 Å². The molecule has 6 aromatic rings. The van der Waals surface area contributed by atoms with E-state index < -0.39 is 0 Å². The van der Waals surface area contributed by atoms with Crippen LogP contribution in [0.5, 0.6) is 0 Å². The maximum Gasteiger partial charge on any atom is 0.0205 e. The van der Waals surface area contributed by atoms with E-state index in [1.165, 1.54) is 88.0 Å². The van der Waals surface area contributed by atoms with Crippen LogP contribution in [0.4, 0.5) is 0 Å². The minimum atomic E-state index is 0.363. The van der Waals surface area contributed by atoms with E-state index in [0.29, 0.717) is 11.8 Å². The second-order valence-electron chi connectivity index (χ2n) is 12.8. The number of rotatable bonds is 4. The van der Waals surface area contributed by atoms with Gasteiger partial charge in [0, 0.05) is 11.8 Å². The summed E-state index contributed by atoms with van der Waals surface area (Å²) in [6.45, 7) is 0. The molecule has 0 radical (unpaired) electrons. The lowest BCUT2D eigenvalue weighted by Gasteiger charge is -2.42. The molecule has 6 aromatic carbocycles. The van der Waals surface area contributed by atoms with E-state index in [0.717, 1.165) is 6.42 Å². The van der Waals surface area contributed by atoms with Crippen LogP contribution in [0.15, 0.2) is 186 Å². The standard InChI is InChI=1S/C45H30/c1-3-7-28(8-4-1)36-21-15-32-17-23-38-34(13-11-30-19-25-40(36)44(32)42(30)38)27-35-14-12-31-20-26-41-37(29-9-5-2-6-10-29)22-16-33-18-24-39(35)43(31)45(33)41/h1-26,42,44H,27H2. The molecule has 0 bridgehead atoms. The van der Waals surface area contributed by atoms with Crippen molar-refractivity contribution in [2.75, 3.05) is 0 Å². The van der Waals surface area contributed by atoms with Crippen molar-refractivity contribution in [1.82, 2.24) is 0 Å². The van der Waals surface area contributed by atoms with Crippen molar-refractivity contribution in [3.63, 3.8) is 0 Å². The smallest absolute Gasteiger partial charge is 0.0205 e. The van der Waals surface area contributed by atoms with Gasteiger partial charge in [-0.05, 0) is 94.4 Å². The summed E-state index contributed by atoms with van der Waals surface area (Å²) >= 11 is 0. The molecule has 0 saturated carbocycles. The quantitative estimate of drug-likeness (QED) is 0.185. The average molecular weight is 571 g/mol. The van der Waals surface area contributed by atoms with Gasteiger partial charge >= 0.3 is 0 Å². The maximum absolute atomic E-state index is 2.41. The van der Waals surface area contributed by atoms with Gasteiger partial charge in [-0.2, -0.15) is 0 Å². The molecule has 0 amide bonds. The Kier molecular flexibility index (Phi) is 5.27. The van der Waals surface area contributed by atoms with Gasteiger partial charge in [0.25, 0.3) is 0 Å². The lowest BCUT2D eigenvalue weighted by Crippen LogP contribution is -2.30. The third-order valence-corrected chi connectivity index (χ3v) is 10.5. The minimum absolute atomic E-state index is 0.363. The van der Waals surface area contributed by atoms with Gasteiger partial charge in [0.15, 0.2) is 0 Å². The molecule has 4 aliphatic carbocycles. The molecule has 210 valence electrons. The first-order valence-corrected chi connectivity index (χ1v) is 16.1. The average Bonchev–Trinajstić information content (AvgIpc) is 3.11. The van der Waals surface area contributed by atoms with Crippen molar-refractivity contribution in [1.29, 1.82) is 0 Å². The molecule has 0 spiro atoms. The third-order valence-electron chi connectivity index (χ3n) is 10.5. The maximum atomic E-state index is 2.41. The molecule has 10 rings (SSSR count). The summed E-state index contributed by atoms with van der Waals surface area (Å²) in [6.07, 6.45) is 19.9. The first-order valence-electron chi connectivity index (χ1n) is 16.1. The molecule has 0 saturated heterocycles. The van der Waals surface area contributed by atoms with Crippen molar-refractivity contribution in [3.8, 4) is 11.1 Å². The second kappa shape index (κ2) is 9.52. The fourth-order valence-corrected chi connectivity index (χ4v) is 8.47. The fraction of sp³-hybridized carbons (Fsp3) is 0.0667. The Morgan fingerprint density at radius 2 is 1.11 bits per heavy atom. The fourth-order valence-electron chi connectivity index (χ4n) is 8.47. The molecule has 0 heteroatoms. The van der Waals surface area contributed by atoms with E-state index in [2.05, 4.69) is 158 Å². The molecule has 4 aliphatic rings. The second-order valence-corrected chi connectivity index (χ2v) is 12.8. The van der Waals surface area contributed by atoms with Crippen LogP contribution in [-0.2, 0) is 6.42 Å². The molecule has 0 N–H and O–H groups in total. The van der Waals surface area contributed by atoms with Crippen LogP contribution in [0, 0.1) is 11.8 Å². The van der Waals surface area contributed by atoms with Crippen molar-refractivity contribution in [2.45, 2.75) is 6.42 Å². The van der Waals surface area contributed by atoms with Crippen LogP contribution in [0.2, 0.25) is 0 Å². The van der Waals surface area contributed by atoms with Gasteiger partial charge in [-0.25, -0.2) is 0 Å². The minimum Gasteiger partial charge on any atom is -0.0622 e. The van der Waals surface area contributed by atoms with Gasteiger partial charge in [0.05, 0.1) is 0 Å². The Morgan fingerprint density at radius 3 is 1.93 bits per heavy atom. The Balaban J connectivity index is 1.10.